The molecule has 0 bridgehead atoms. The molecule has 1 aromatic carbocycles. The Balaban J connectivity index is 1.34. The van der Waals surface area contributed by atoms with Gasteiger partial charge in [-0.2, -0.15) is 0 Å². The molecule has 1 amide bonds. The fourth-order valence-corrected chi connectivity index (χ4v) is 4.49. The smallest absolute Gasteiger partial charge is 0.224 e. The summed E-state index contributed by atoms with van der Waals surface area (Å²) in [4.78, 5) is 23.0. The van der Waals surface area contributed by atoms with E-state index < -0.39 is 0 Å². The second-order valence-corrected chi connectivity index (χ2v) is 8.57. The molecule has 0 spiro atoms. The van der Waals surface area contributed by atoms with Crippen LogP contribution in [0.5, 0.6) is 0 Å². The highest BCUT2D eigenvalue weighted by Gasteiger charge is 2.27. The number of nitrogens with zero attached hydrogens (tertiary/aromatic N) is 2. The monoisotopic (exact) mass is 430 g/mol. The van der Waals surface area contributed by atoms with Gasteiger partial charge in [0, 0.05) is 24.1 Å². The maximum absolute atomic E-state index is 12.6. The maximum Gasteiger partial charge on any atom is 0.224 e. The van der Waals surface area contributed by atoms with Crippen LogP contribution in [0.1, 0.15) is 44.9 Å². The summed E-state index contributed by atoms with van der Waals surface area (Å²) in [5.41, 5.74) is 3.49. The van der Waals surface area contributed by atoms with Gasteiger partial charge in [0.2, 0.25) is 11.9 Å². The van der Waals surface area contributed by atoms with Crippen molar-refractivity contribution >= 4 is 38.8 Å². The molecule has 2 heterocycles. The van der Waals surface area contributed by atoms with Gasteiger partial charge in [0.25, 0.3) is 0 Å². The molecule has 2 aliphatic rings. The minimum atomic E-state index is 0.0408. The van der Waals surface area contributed by atoms with E-state index in [4.69, 9.17) is 4.98 Å². The average Bonchev–Trinajstić information content (AvgIpc) is 3.12. The number of carbonyl (C=O) groups excluding carboxylic acids is 1. The van der Waals surface area contributed by atoms with Crippen LogP contribution in [-0.2, 0) is 4.79 Å². The molecule has 6 heteroatoms. The van der Waals surface area contributed by atoms with Gasteiger partial charge in [-0.15, -0.1) is 0 Å². The Morgan fingerprint density at radius 3 is 3.11 bits per heavy atom. The number of rotatable bonds is 5. The number of hydrogen-bond acceptors (Lipinski definition) is 3. The van der Waals surface area contributed by atoms with E-state index in [1.165, 1.54) is 31.3 Å². The van der Waals surface area contributed by atoms with E-state index in [9.17, 15) is 4.79 Å². The van der Waals surface area contributed by atoms with Crippen molar-refractivity contribution < 1.29 is 4.79 Å². The van der Waals surface area contributed by atoms with E-state index in [-0.39, 0.29) is 11.8 Å². The van der Waals surface area contributed by atoms with Gasteiger partial charge in [-0.25, -0.2) is 4.98 Å². The molecule has 0 radical (unpaired) electrons. The third kappa shape index (κ3) is 4.54. The number of halogens is 1. The first-order chi connectivity index (χ1) is 13.2. The fourth-order valence-electron chi connectivity index (χ4n) is 4.12. The number of nitrogens with one attached hydrogen (secondary N) is 2. The Morgan fingerprint density at radius 1 is 1.33 bits per heavy atom. The van der Waals surface area contributed by atoms with Crippen molar-refractivity contribution in [3.63, 3.8) is 0 Å². The molecule has 1 aromatic heterocycles. The number of aromatic nitrogens is 2. The van der Waals surface area contributed by atoms with Crippen LogP contribution in [-0.4, -0.2) is 35.5 Å². The minimum absolute atomic E-state index is 0.0408. The van der Waals surface area contributed by atoms with E-state index in [0.717, 1.165) is 60.4 Å². The number of anilines is 1. The Bertz CT molecular complexity index is 844. The number of hydrogen-bond donors (Lipinski definition) is 2. The quantitative estimate of drug-likeness (QED) is 0.683. The van der Waals surface area contributed by atoms with Gasteiger partial charge in [-0.3, -0.25) is 4.79 Å². The summed E-state index contributed by atoms with van der Waals surface area (Å²) in [5.74, 6) is 1.10. The molecule has 5 nitrogen and oxygen atoms in total. The van der Waals surface area contributed by atoms with Crippen molar-refractivity contribution in [1.82, 2.24) is 15.3 Å². The van der Waals surface area contributed by atoms with Crippen LogP contribution >= 0.6 is 15.9 Å². The summed E-state index contributed by atoms with van der Waals surface area (Å²) < 4.78 is 1.04. The first-order valence-electron chi connectivity index (χ1n) is 10.0. The zero-order valence-corrected chi connectivity index (χ0v) is 17.2. The first-order valence-corrected chi connectivity index (χ1v) is 10.8. The van der Waals surface area contributed by atoms with Gasteiger partial charge >= 0.3 is 0 Å². The van der Waals surface area contributed by atoms with Crippen LogP contribution in [0.15, 0.2) is 34.3 Å². The third-order valence-electron chi connectivity index (χ3n) is 5.65. The van der Waals surface area contributed by atoms with Crippen LogP contribution in [0.3, 0.4) is 0 Å². The summed E-state index contributed by atoms with van der Waals surface area (Å²) in [7, 11) is 0. The normalized spacial score (nSPS) is 20.6. The Kier molecular flexibility index (Phi) is 5.81. The lowest BCUT2D eigenvalue weighted by molar-refractivity contribution is -0.125. The molecule has 1 saturated heterocycles. The van der Waals surface area contributed by atoms with E-state index in [1.807, 2.05) is 18.2 Å². The minimum Gasteiger partial charge on any atom is -0.355 e. The van der Waals surface area contributed by atoms with Gasteiger partial charge in [-0.05, 0) is 63.1 Å². The highest BCUT2D eigenvalue weighted by molar-refractivity contribution is 9.10. The van der Waals surface area contributed by atoms with E-state index in [0.29, 0.717) is 0 Å². The molecule has 1 atom stereocenters. The predicted octanol–water partition coefficient (Wildman–Crippen LogP) is 4.55. The van der Waals surface area contributed by atoms with Gasteiger partial charge in [0.1, 0.15) is 0 Å². The number of fused-ring (bicyclic) bond motifs is 1. The zero-order valence-electron chi connectivity index (χ0n) is 15.6. The summed E-state index contributed by atoms with van der Waals surface area (Å²) in [6.45, 7) is 2.44. The van der Waals surface area contributed by atoms with E-state index in [1.54, 1.807) is 0 Å². The van der Waals surface area contributed by atoms with Crippen molar-refractivity contribution in [3.8, 4) is 0 Å². The maximum atomic E-state index is 12.6. The number of imidazole rings is 1. The Morgan fingerprint density at radius 2 is 2.26 bits per heavy atom. The summed E-state index contributed by atoms with van der Waals surface area (Å²) >= 11 is 3.50. The number of amides is 1. The molecule has 4 rings (SSSR count). The second kappa shape index (κ2) is 8.46. The molecular formula is C21H27BrN4O. The molecular weight excluding hydrogens is 404 g/mol. The molecule has 1 fully saturated rings. The lowest BCUT2D eigenvalue weighted by atomic mass is 9.96. The van der Waals surface area contributed by atoms with Crippen molar-refractivity contribution in [2.75, 3.05) is 24.5 Å². The number of allylic oxidation sites excluding steroid dienone is 1. The van der Waals surface area contributed by atoms with E-state index in [2.05, 4.69) is 37.2 Å². The van der Waals surface area contributed by atoms with Crippen LogP contribution in [0.2, 0.25) is 0 Å². The lowest BCUT2D eigenvalue weighted by Gasteiger charge is -2.31. The number of aromatic amines is 1. The van der Waals surface area contributed by atoms with Crippen LogP contribution in [0.4, 0.5) is 5.95 Å². The Labute approximate surface area is 168 Å². The molecule has 2 N–H and O–H groups in total. The van der Waals surface area contributed by atoms with Crippen molar-refractivity contribution in [3.05, 3.63) is 34.3 Å². The standard InChI is InChI=1S/C21H27BrN4O/c22-17-8-9-18-19(13-17)25-21(24-18)26-12-4-7-16(14-26)20(27)23-11-10-15-5-2-1-3-6-15/h5,8-9,13,16H,1-4,6-7,10-12,14H2,(H,23,27)(H,24,25)/t16-/m0/s1. The summed E-state index contributed by atoms with van der Waals surface area (Å²) in [6.07, 6.45) is 10.3. The molecule has 0 saturated carbocycles. The van der Waals surface area contributed by atoms with Gasteiger partial charge in [0.05, 0.1) is 17.0 Å². The molecule has 144 valence electrons. The van der Waals surface area contributed by atoms with Crippen LogP contribution in [0, 0.1) is 5.92 Å². The van der Waals surface area contributed by atoms with Crippen molar-refractivity contribution in [2.24, 2.45) is 5.92 Å². The number of carbonyl (C=O) groups is 1. The topological polar surface area (TPSA) is 61.0 Å². The van der Waals surface area contributed by atoms with Crippen molar-refractivity contribution in [2.45, 2.75) is 44.9 Å². The lowest BCUT2D eigenvalue weighted by Crippen LogP contribution is -2.43. The van der Waals surface area contributed by atoms with Gasteiger partial charge < -0.3 is 15.2 Å². The van der Waals surface area contributed by atoms with Crippen LogP contribution in [0.25, 0.3) is 11.0 Å². The van der Waals surface area contributed by atoms with Gasteiger partial charge in [0.15, 0.2) is 0 Å². The molecule has 2 aromatic rings. The number of benzene rings is 1. The average molecular weight is 431 g/mol. The molecule has 27 heavy (non-hydrogen) atoms. The highest BCUT2D eigenvalue weighted by atomic mass is 79.9. The molecule has 1 aliphatic heterocycles. The van der Waals surface area contributed by atoms with E-state index >= 15 is 0 Å². The predicted molar refractivity (Wildman–Crippen MR) is 113 cm³/mol. The summed E-state index contributed by atoms with van der Waals surface area (Å²) in [6, 6.07) is 6.05. The van der Waals surface area contributed by atoms with Crippen molar-refractivity contribution in [1.29, 1.82) is 0 Å². The molecule has 0 unspecified atom stereocenters. The van der Waals surface area contributed by atoms with Crippen LogP contribution < -0.4 is 10.2 Å². The number of H-pyrrole nitrogens is 1. The third-order valence-corrected chi connectivity index (χ3v) is 6.15. The molecule has 1 aliphatic carbocycles. The Hall–Kier alpha value is -1.82. The highest BCUT2D eigenvalue weighted by Crippen LogP contribution is 2.25. The SMILES string of the molecule is O=C(NCCC1=CCCCC1)[C@H]1CCCN(c2nc3ccc(Br)cc3[nH]2)C1. The summed E-state index contributed by atoms with van der Waals surface area (Å²) in [5, 5.41) is 3.16. The first kappa shape index (κ1) is 18.5. The zero-order chi connectivity index (χ0) is 18.6. The fraction of sp³-hybridized carbons (Fsp3) is 0.524. The van der Waals surface area contributed by atoms with Gasteiger partial charge in [-0.1, -0.05) is 27.6 Å². The second-order valence-electron chi connectivity index (χ2n) is 7.66. The largest absolute Gasteiger partial charge is 0.355 e. The number of piperidine rings is 1.